The van der Waals surface area contributed by atoms with Crippen molar-refractivity contribution in [2.45, 2.75) is 240 Å². The quantitative estimate of drug-likeness (QED) is 0.0583. The fourth-order valence-electron chi connectivity index (χ4n) is 5.94. The van der Waals surface area contributed by atoms with Gasteiger partial charge < -0.3 is 9.84 Å². The van der Waals surface area contributed by atoms with Crippen molar-refractivity contribution in [1.82, 2.24) is 0 Å². The third kappa shape index (κ3) is 37.1. The molecule has 0 aliphatic rings. The third-order valence-corrected chi connectivity index (χ3v) is 9.10. The van der Waals surface area contributed by atoms with Crippen molar-refractivity contribution in [3.05, 3.63) is 0 Å². The van der Waals surface area contributed by atoms with E-state index in [1.54, 1.807) is 0 Å². The largest absolute Gasteiger partial charge is 0.481 e. The van der Waals surface area contributed by atoms with E-state index in [2.05, 4.69) is 34.6 Å². The van der Waals surface area contributed by atoms with Gasteiger partial charge in [0.2, 0.25) is 0 Å². The van der Waals surface area contributed by atoms with Gasteiger partial charge in [-0.3, -0.25) is 9.59 Å². The molecule has 0 saturated carbocycles. The minimum absolute atomic E-state index is 0.0556. The number of unbranched alkanes of at least 4 members (excludes halogenated alkanes) is 20. The van der Waals surface area contributed by atoms with E-state index < -0.39 is 5.97 Å². The summed E-state index contributed by atoms with van der Waals surface area (Å²) in [7, 11) is 0. The van der Waals surface area contributed by atoms with Gasteiger partial charge in [-0.15, -0.1) is 0 Å². The number of aliphatic carboxylic acids is 1. The summed E-state index contributed by atoms with van der Waals surface area (Å²) in [5.41, 5.74) is 0. The zero-order valence-corrected chi connectivity index (χ0v) is 30.7. The number of esters is 1. The predicted octanol–water partition coefficient (Wildman–Crippen LogP) is 13.8. The van der Waals surface area contributed by atoms with E-state index in [0.717, 1.165) is 38.0 Å². The van der Waals surface area contributed by atoms with E-state index in [1.807, 2.05) is 0 Å². The van der Waals surface area contributed by atoms with Gasteiger partial charge in [0.05, 0.1) is 0 Å². The summed E-state index contributed by atoms with van der Waals surface area (Å²) in [6.07, 6.45) is 37.5. The average Bonchev–Trinajstić information content (AvgIpc) is 3.01. The number of hydrogen-bond donors (Lipinski definition) is 1. The van der Waals surface area contributed by atoms with Crippen LogP contribution in [0.1, 0.15) is 234 Å². The fraction of sp³-hybridized carbons (Fsp3) is 0.950. The summed E-state index contributed by atoms with van der Waals surface area (Å²) in [4.78, 5) is 22.6. The van der Waals surface area contributed by atoms with Crippen molar-refractivity contribution in [1.29, 1.82) is 0 Å². The predicted molar refractivity (Wildman–Crippen MR) is 193 cm³/mol. The van der Waals surface area contributed by atoms with E-state index in [9.17, 15) is 9.59 Å². The molecular weight excluding hydrogens is 544 g/mol. The maximum Gasteiger partial charge on any atom is 0.306 e. The van der Waals surface area contributed by atoms with Gasteiger partial charge in [-0.1, -0.05) is 182 Å². The molecule has 0 radical (unpaired) electrons. The molecule has 264 valence electrons. The van der Waals surface area contributed by atoms with Crippen molar-refractivity contribution >= 4 is 11.9 Å². The number of carboxylic acid groups (broad SMARTS) is 1. The van der Waals surface area contributed by atoms with Crippen LogP contribution in [-0.2, 0) is 14.3 Å². The van der Waals surface area contributed by atoms with Gasteiger partial charge in [0.15, 0.2) is 0 Å². The second kappa shape index (κ2) is 38.1. The van der Waals surface area contributed by atoms with Crippen molar-refractivity contribution < 1.29 is 19.4 Å². The Morgan fingerprint density at radius 2 is 0.864 bits per heavy atom. The molecule has 2 unspecified atom stereocenters. The molecule has 1 N–H and O–H groups in total. The maximum absolute atomic E-state index is 12.4. The van der Waals surface area contributed by atoms with Gasteiger partial charge in [-0.05, 0) is 44.4 Å². The van der Waals surface area contributed by atoms with Gasteiger partial charge in [0.25, 0.3) is 0 Å². The van der Waals surface area contributed by atoms with E-state index >= 15 is 0 Å². The molecule has 0 rings (SSSR count). The van der Waals surface area contributed by atoms with Gasteiger partial charge >= 0.3 is 11.9 Å². The van der Waals surface area contributed by atoms with Crippen LogP contribution in [0.4, 0.5) is 0 Å². The molecule has 0 amide bonds. The van der Waals surface area contributed by atoms with E-state index in [0.29, 0.717) is 12.8 Å². The molecule has 0 aromatic carbocycles. The lowest BCUT2D eigenvalue weighted by Crippen LogP contribution is -2.19. The minimum Gasteiger partial charge on any atom is -0.481 e. The van der Waals surface area contributed by atoms with Crippen LogP contribution in [0, 0.1) is 5.92 Å². The van der Waals surface area contributed by atoms with Crippen molar-refractivity contribution in [3.8, 4) is 0 Å². The minimum atomic E-state index is -0.659. The Morgan fingerprint density at radius 3 is 1.30 bits per heavy atom. The molecule has 0 spiro atoms. The number of carboxylic acids is 1. The Balaban J connectivity index is 0. The van der Waals surface area contributed by atoms with Crippen molar-refractivity contribution in [3.63, 3.8) is 0 Å². The molecule has 0 bridgehead atoms. The van der Waals surface area contributed by atoms with Crippen LogP contribution in [0.3, 0.4) is 0 Å². The first-order valence-corrected chi connectivity index (χ1v) is 19.9. The molecule has 4 nitrogen and oxygen atoms in total. The third-order valence-electron chi connectivity index (χ3n) is 9.10. The number of rotatable bonds is 33. The lowest BCUT2D eigenvalue weighted by Gasteiger charge is -2.21. The molecule has 0 aromatic heterocycles. The topological polar surface area (TPSA) is 63.6 Å². The molecule has 0 heterocycles. The molecular formula is C40H80O4. The molecule has 0 aliphatic carbocycles. The standard InChI is InChI=1S/C28H56O2.C12H24O2/c1-5-9-12-14-15-16-17-18-20-23-28(29)30-27(22-19-13-10-6-2)25-24-26(8-4)21-11-7-3;1-2-3-4-5-6-7-8-9-10-11-12(13)14/h26-27H,5-25H2,1-4H3;2-11H2,1H3,(H,13,14). The van der Waals surface area contributed by atoms with Gasteiger partial charge in [0, 0.05) is 12.8 Å². The second-order valence-electron chi connectivity index (χ2n) is 13.5. The van der Waals surface area contributed by atoms with Crippen LogP contribution in [0.2, 0.25) is 0 Å². The smallest absolute Gasteiger partial charge is 0.306 e. The first-order valence-electron chi connectivity index (χ1n) is 19.9. The number of hydrogen-bond acceptors (Lipinski definition) is 3. The summed E-state index contributed by atoms with van der Waals surface area (Å²) >= 11 is 0. The first kappa shape index (κ1) is 45.1. The van der Waals surface area contributed by atoms with E-state index in [4.69, 9.17) is 9.84 Å². The second-order valence-corrected chi connectivity index (χ2v) is 13.5. The Bertz CT molecular complexity index is 576. The summed E-state index contributed by atoms with van der Waals surface area (Å²) in [5, 5.41) is 8.41. The monoisotopic (exact) mass is 625 g/mol. The van der Waals surface area contributed by atoms with Crippen molar-refractivity contribution in [2.24, 2.45) is 5.92 Å². The van der Waals surface area contributed by atoms with Crippen LogP contribution >= 0.6 is 0 Å². The van der Waals surface area contributed by atoms with E-state index in [-0.39, 0.29) is 12.1 Å². The van der Waals surface area contributed by atoms with E-state index in [1.165, 1.54) is 154 Å². The highest BCUT2D eigenvalue weighted by Crippen LogP contribution is 2.23. The average molecular weight is 625 g/mol. The number of ether oxygens (including phenoxy) is 1. The Kier molecular flexibility index (Phi) is 39.0. The summed E-state index contributed by atoms with van der Waals surface area (Å²) in [6.45, 7) is 11.3. The van der Waals surface area contributed by atoms with Gasteiger partial charge in [0.1, 0.15) is 6.10 Å². The van der Waals surface area contributed by atoms with Crippen LogP contribution < -0.4 is 0 Å². The van der Waals surface area contributed by atoms with Gasteiger partial charge in [-0.25, -0.2) is 0 Å². The highest BCUT2D eigenvalue weighted by Gasteiger charge is 2.17. The van der Waals surface area contributed by atoms with Crippen LogP contribution in [0.25, 0.3) is 0 Å². The SMILES string of the molecule is CCCCCCCCCCCC(=O)O.CCCCCCCCCCCC(=O)OC(CCCCCC)CCC(CC)CCCC. The number of carbonyl (C=O) groups is 2. The maximum atomic E-state index is 12.4. The van der Waals surface area contributed by atoms with Crippen LogP contribution in [0.5, 0.6) is 0 Å². The lowest BCUT2D eigenvalue weighted by atomic mass is 9.92. The number of carbonyl (C=O) groups excluding carboxylic acids is 1. The summed E-state index contributed by atoms with van der Waals surface area (Å²) in [6, 6.07) is 0. The molecule has 0 saturated heterocycles. The zero-order valence-electron chi connectivity index (χ0n) is 30.7. The van der Waals surface area contributed by atoms with Crippen molar-refractivity contribution in [2.75, 3.05) is 0 Å². The zero-order chi connectivity index (χ0) is 32.9. The molecule has 2 atom stereocenters. The first-order chi connectivity index (χ1) is 21.4. The molecule has 4 heteroatoms. The lowest BCUT2D eigenvalue weighted by molar-refractivity contribution is -0.150. The summed E-state index contributed by atoms with van der Waals surface area (Å²) < 4.78 is 5.96. The summed E-state index contributed by atoms with van der Waals surface area (Å²) in [5.74, 6) is 0.201. The molecule has 44 heavy (non-hydrogen) atoms. The Labute approximate surface area is 276 Å². The highest BCUT2D eigenvalue weighted by atomic mass is 16.5. The molecule has 0 fully saturated rings. The normalized spacial score (nSPS) is 12.4. The van der Waals surface area contributed by atoms with Gasteiger partial charge in [-0.2, -0.15) is 0 Å². The molecule has 0 aliphatic heterocycles. The van der Waals surface area contributed by atoms with Crippen LogP contribution in [-0.4, -0.2) is 23.1 Å². The Hall–Kier alpha value is -1.06. The highest BCUT2D eigenvalue weighted by molar-refractivity contribution is 5.69. The Morgan fingerprint density at radius 1 is 0.455 bits per heavy atom. The molecule has 0 aromatic rings. The van der Waals surface area contributed by atoms with Crippen LogP contribution in [0.15, 0.2) is 0 Å². The fourth-order valence-corrected chi connectivity index (χ4v) is 5.94.